The maximum absolute atomic E-state index is 15.0. The maximum Gasteiger partial charge on any atom is 0.377 e. The Hall–Kier alpha value is -4.26. The van der Waals surface area contributed by atoms with Crippen LogP contribution in [-0.4, -0.2) is 67.4 Å². The Bertz CT molecular complexity index is 1780. The minimum absolute atomic E-state index is 0.0139. The van der Waals surface area contributed by atoms with E-state index in [9.17, 15) is 27.2 Å². The molecule has 0 atom stereocenters. The number of rotatable bonds is 2. The Kier molecular flexibility index (Phi) is 5.56. The third kappa shape index (κ3) is 4.26. The molecule has 1 aliphatic carbocycles. The number of hydrogen-bond acceptors (Lipinski definition) is 4. The Morgan fingerprint density at radius 1 is 1.00 bits per heavy atom. The van der Waals surface area contributed by atoms with Gasteiger partial charge in [0.25, 0.3) is 0 Å². The Morgan fingerprint density at radius 2 is 1.78 bits per heavy atom. The lowest BCUT2D eigenvalue weighted by atomic mass is 9.98. The second kappa shape index (κ2) is 8.87. The van der Waals surface area contributed by atoms with E-state index in [1.807, 2.05) is 28.8 Å². The van der Waals surface area contributed by atoms with Crippen molar-refractivity contribution < 1.29 is 36.3 Å². The third-order valence-corrected chi connectivity index (χ3v) is 7.76. The number of benzene rings is 1. The second-order valence-electron chi connectivity index (χ2n) is 10.5. The molecule has 212 valence electrons. The number of alkyl halides is 4. The first-order valence-corrected chi connectivity index (χ1v) is 13.0. The van der Waals surface area contributed by atoms with E-state index in [2.05, 4.69) is 9.72 Å². The molecular weight excluding hydrogens is 549 g/mol. The van der Waals surface area contributed by atoms with E-state index in [0.717, 1.165) is 21.8 Å². The number of imidazole rings is 1. The van der Waals surface area contributed by atoms with Crippen LogP contribution in [0.15, 0.2) is 48.9 Å². The molecular formula is C28H22F5N5O3. The minimum Gasteiger partial charge on any atom is -0.345 e. The lowest BCUT2D eigenvalue weighted by Crippen LogP contribution is -2.59. The van der Waals surface area contributed by atoms with Crippen molar-refractivity contribution in [2.75, 3.05) is 19.6 Å². The van der Waals surface area contributed by atoms with Crippen LogP contribution in [0.2, 0.25) is 0 Å². The van der Waals surface area contributed by atoms with E-state index in [1.54, 1.807) is 17.0 Å². The highest BCUT2D eigenvalue weighted by Gasteiger charge is 2.53. The first kappa shape index (κ1) is 25.7. The van der Waals surface area contributed by atoms with Gasteiger partial charge in [-0.2, -0.15) is 17.6 Å². The molecule has 8 nitrogen and oxygen atoms in total. The van der Waals surface area contributed by atoms with Crippen LogP contribution in [0.4, 0.5) is 26.7 Å². The highest BCUT2D eigenvalue weighted by molar-refractivity contribution is 6.33. The van der Waals surface area contributed by atoms with Crippen LogP contribution < -0.4 is 0 Å². The number of fused-ring (bicyclic) bond motifs is 1. The number of halogens is 5. The summed E-state index contributed by atoms with van der Waals surface area (Å²) in [7, 11) is 0. The van der Waals surface area contributed by atoms with Crippen molar-refractivity contribution in [1.82, 2.24) is 23.8 Å². The molecule has 3 aliphatic rings. The standard InChI is InChI=1S/C28H22F5N5O3/c29-17-9-16-12-36(26(40)37-14-27(30,31)41-28(32,33)15-37)8-7-35-13-20(19(10-17)25(16)35)24-18(4-5-22(24)39)21-11-34-23-3-1-2-6-38(21)23/h1-3,6,9-11,13H,4-5,7-8,12,14-15H2. The lowest BCUT2D eigenvalue weighted by Gasteiger charge is -2.39. The summed E-state index contributed by atoms with van der Waals surface area (Å²) >= 11 is 0. The van der Waals surface area contributed by atoms with Gasteiger partial charge in [0.1, 0.15) is 24.6 Å². The zero-order valence-electron chi connectivity index (χ0n) is 21.4. The van der Waals surface area contributed by atoms with Crippen molar-refractivity contribution in [1.29, 1.82) is 0 Å². The molecule has 1 fully saturated rings. The summed E-state index contributed by atoms with van der Waals surface area (Å²) in [5.41, 5.74) is 4.26. The number of urea groups is 1. The van der Waals surface area contributed by atoms with Gasteiger partial charge in [-0.15, -0.1) is 0 Å². The predicted octanol–water partition coefficient (Wildman–Crippen LogP) is 5.16. The van der Waals surface area contributed by atoms with E-state index in [1.165, 1.54) is 12.1 Å². The number of ether oxygens (including phenoxy) is 1. The largest absolute Gasteiger partial charge is 0.377 e. The molecule has 4 aromatic rings. The average molecular weight is 572 g/mol. The Morgan fingerprint density at radius 3 is 2.56 bits per heavy atom. The third-order valence-electron chi connectivity index (χ3n) is 7.76. The molecule has 0 radical (unpaired) electrons. The molecule has 0 bridgehead atoms. The van der Waals surface area contributed by atoms with Gasteiger partial charge in [-0.25, -0.2) is 14.2 Å². The summed E-state index contributed by atoms with van der Waals surface area (Å²) in [6.07, 6.45) is -2.35. The molecule has 0 unspecified atom stereocenters. The Balaban J connectivity index is 1.30. The maximum atomic E-state index is 15.0. The number of Topliss-reactive ketones (excluding diaryl/α,β-unsaturated/α-hetero) is 1. The minimum atomic E-state index is -4.21. The smallest absolute Gasteiger partial charge is 0.345 e. The summed E-state index contributed by atoms with van der Waals surface area (Å²) < 4.78 is 77.4. The monoisotopic (exact) mass is 571 g/mol. The van der Waals surface area contributed by atoms with Crippen molar-refractivity contribution in [2.45, 2.75) is 38.1 Å². The van der Waals surface area contributed by atoms with Crippen molar-refractivity contribution in [3.05, 3.63) is 71.6 Å². The number of hydrogen-bond donors (Lipinski definition) is 0. The number of carbonyl (C=O) groups is 2. The van der Waals surface area contributed by atoms with Crippen LogP contribution in [0, 0.1) is 5.82 Å². The zero-order valence-corrected chi connectivity index (χ0v) is 21.4. The fourth-order valence-electron chi connectivity index (χ4n) is 6.16. The average Bonchev–Trinajstić information content (AvgIpc) is 3.55. The molecule has 0 saturated carbocycles. The molecule has 0 N–H and O–H groups in total. The summed E-state index contributed by atoms with van der Waals surface area (Å²) in [5.74, 6) is -0.702. The van der Waals surface area contributed by atoms with Crippen molar-refractivity contribution >= 4 is 39.5 Å². The molecule has 1 aromatic carbocycles. The van der Waals surface area contributed by atoms with Gasteiger partial charge in [0.05, 0.1) is 17.4 Å². The van der Waals surface area contributed by atoms with Crippen LogP contribution in [0.3, 0.4) is 0 Å². The summed E-state index contributed by atoms with van der Waals surface area (Å²) in [5, 5.41) is 0.468. The van der Waals surface area contributed by atoms with Crippen LogP contribution in [0.25, 0.3) is 27.7 Å². The molecule has 3 aromatic heterocycles. The molecule has 7 rings (SSSR count). The van der Waals surface area contributed by atoms with Crippen molar-refractivity contribution in [2.24, 2.45) is 0 Å². The molecule has 41 heavy (non-hydrogen) atoms. The van der Waals surface area contributed by atoms with Crippen LogP contribution in [0.1, 0.15) is 29.7 Å². The van der Waals surface area contributed by atoms with Gasteiger partial charge < -0.3 is 14.4 Å². The quantitative estimate of drug-likeness (QED) is 0.312. The highest BCUT2D eigenvalue weighted by atomic mass is 19.3. The number of allylic oxidation sites excluding steroid dienone is 2. The fourth-order valence-corrected chi connectivity index (χ4v) is 6.16. The zero-order chi connectivity index (χ0) is 28.7. The number of carbonyl (C=O) groups excluding carboxylic acids is 2. The molecule has 1 saturated heterocycles. The normalized spacial score (nSPS) is 20.4. The van der Waals surface area contributed by atoms with Crippen LogP contribution in [-0.2, 0) is 22.6 Å². The number of morpholine rings is 1. The van der Waals surface area contributed by atoms with Gasteiger partial charge in [-0.3, -0.25) is 13.9 Å². The fraction of sp³-hybridized carbons (Fsp3) is 0.321. The van der Waals surface area contributed by atoms with Gasteiger partial charge in [-0.1, -0.05) is 6.07 Å². The number of pyridine rings is 1. The van der Waals surface area contributed by atoms with Gasteiger partial charge in [0.15, 0.2) is 5.78 Å². The lowest BCUT2D eigenvalue weighted by molar-refractivity contribution is -0.400. The topological polar surface area (TPSA) is 72.1 Å². The number of ketones is 1. The first-order chi connectivity index (χ1) is 19.5. The van der Waals surface area contributed by atoms with E-state index in [4.69, 9.17) is 0 Å². The summed E-state index contributed by atoms with van der Waals surface area (Å²) in [6, 6.07) is 7.11. The number of amides is 2. The first-order valence-electron chi connectivity index (χ1n) is 13.0. The molecule has 2 aliphatic heterocycles. The van der Waals surface area contributed by atoms with Crippen LogP contribution >= 0.6 is 0 Å². The van der Waals surface area contributed by atoms with Crippen LogP contribution in [0.5, 0.6) is 0 Å². The van der Waals surface area contributed by atoms with E-state index in [-0.39, 0.29) is 31.8 Å². The summed E-state index contributed by atoms with van der Waals surface area (Å²) in [6.45, 7) is -2.69. The van der Waals surface area contributed by atoms with Gasteiger partial charge in [0, 0.05) is 55.0 Å². The number of aromatic nitrogens is 3. The molecule has 5 heterocycles. The van der Waals surface area contributed by atoms with Crippen molar-refractivity contribution in [3.63, 3.8) is 0 Å². The van der Waals surface area contributed by atoms with Gasteiger partial charge in [0.2, 0.25) is 0 Å². The number of nitrogens with zero attached hydrogens (tertiary/aromatic N) is 5. The molecule has 13 heteroatoms. The van der Waals surface area contributed by atoms with Crippen molar-refractivity contribution in [3.8, 4) is 0 Å². The molecule has 2 amide bonds. The SMILES string of the molecule is O=C1CCC(c2cnc3ccccn23)=C1c1cn2c3c(cc(F)cc13)CN(C(=O)N1CC(F)(F)OC(F)(F)C1)CC2. The predicted molar refractivity (Wildman–Crippen MR) is 137 cm³/mol. The van der Waals surface area contributed by atoms with Gasteiger partial charge in [-0.05, 0) is 41.8 Å². The van der Waals surface area contributed by atoms with E-state index in [0.29, 0.717) is 38.9 Å². The van der Waals surface area contributed by atoms with E-state index >= 15 is 4.39 Å². The highest BCUT2D eigenvalue weighted by Crippen LogP contribution is 2.42. The van der Waals surface area contributed by atoms with Gasteiger partial charge >= 0.3 is 18.2 Å². The Labute approximate surface area is 229 Å². The van der Waals surface area contributed by atoms with E-state index < -0.39 is 37.2 Å². The molecule has 0 spiro atoms. The summed E-state index contributed by atoms with van der Waals surface area (Å²) in [4.78, 5) is 32.3. The second-order valence-corrected chi connectivity index (χ2v) is 10.5.